The Balaban J connectivity index is 1.68. The van der Waals surface area contributed by atoms with Crippen LogP contribution in [0.1, 0.15) is 18.1 Å². The topological polar surface area (TPSA) is 31.4 Å². The number of aromatic nitrogens is 1. The van der Waals surface area contributed by atoms with Crippen molar-refractivity contribution in [2.75, 3.05) is 6.61 Å². The van der Waals surface area contributed by atoms with Gasteiger partial charge in [-0.15, -0.1) is 0 Å². The maximum absolute atomic E-state index is 5.98. The Morgan fingerprint density at radius 3 is 2.62 bits per heavy atom. The molecule has 3 aromatic rings. The summed E-state index contributed by atoms with van der Waals surface area (Å²) in [6.45, 7) is 0.827. The summed E-state index contributed by atoms with van der Waals surface area (Å²) >= 11 is 0. The molecule has 1 aliphatic heterocycles. The summed E-state index contributed by atoms with van der Waals surface area (Å²) in [4.78, 5) is 4.55. The van der Waals surface area contributed by atoms with E-state index in [1.807, 2.05) is 54.6 Å². The maximum atomic E-state index is 5.98. The minimum absolute atomic E-state index is 0.154. The highest BCUT2D eigenvalue weighted by molar-refractivity contribution is 5.78. The van der Waals surface area contributed by atoms with Crippen LogP contribution in [0.25, 0.3) is 10.9 Å². The largest absolute Gasteiger partial charge is 0.439 e. The number of para-hydroxylation sites is 2. The quantitative estimate of drug-likeness (QED) is 0.707. The number of hydrogen-bond donors (Lipinski definition) is 0. The van der Waals surface area contributed by atoms with Crippen LogP contribution in [0, 0.1) is 0 Å². The molecule has 1 fully saturated rings. The van der Waals surface area contributed by atoms with Gasteiger partial charge < -0.3 is 9.47 Å². The Morgan fingerprint density at radius 1 is 0.952 bits per heavy atom. The molecule has 1 aromatic heterocycles. The Hall–Kier alpha value is -2.39. The number of rotatable bonds is 3. The van der Waals surface area contributed by atoms with E-state index in [4.69, 9.17) is 9.47 Å². The van der Waals surface area contributed by atoms with E-state index in [-0.39, 0.29) is 6.10 Å². The summed E-state index contributed by atoms with van der Waals surface area (Å²) in [5.74, 6) is 1.44. The van der Waals surface area contributed by atoms with Crippen LogP contribution in [-0.2, 0) is 4.74 Å². The van der Waals surface area contributed by atoms with Crippen molar-refractivity contribution in [3.05, 3.63) is 66.2 Å². The van der Waals surface area contributed by atoms with Gasteiger partial charge in [0.15, 0.2) is 0 Å². The van der Waals surface area contributed by atoms with Gasteiger partial charge in [-0.1, -0.05) is 36.4 Å². The van der Waals surface area contributed by atoms with Gasteiger partial charge in [0.2, 0.25) is 5.88 Å². The molecule has 21 heavy (non-hydrogen) atoms. The summed E-state index contributed by atoms with van der Waals surface area (Å²) in [6, 6.07) is 20.0. The molecular weight excluding hydrogens is 262 g/mol. The van der Waals surface area contributed by atoms with Crippen LogP contribution >= 0.6 is 0 Å². The number of hydrogen-bond acceptors (Lipinski definition) is 3. The van der Waals surface area contributed by atoms with E-state index < -0.39 is 0 Å². The van der Waals surface area contributed by atoms with Crippen LogP contribution < -0.4 is 4.74 Å². The first-order valence-electron chi connectivity index (χ1n) is 7.14. The second-order valence-corrected chi connectivity index (χ2v) is 5.13. The lowest BCUT2D eigenvalue weighted by atomic mass is 10.0. The van der Waals surface area contributed by atoms with Crippen LogP contribution in [0.5, 0.6) is 11.6 Å². The summed E-state index contributed by atoms with van der Waals surface area (Å²) < 4.78 is 11.5. The third-order valence-corrected chi connectivity index (χ3v) is 3.75. The van der Waals surface area contributed by atoms with E-state index in [1.165, 1.54) is 0 Å². The fourth-order valence-corrected chi connectivity index (χ4v) is 2.54. The molecule has 0 amide bonds. The van der Waals surface area contributed by atoms with Crippen molar-refractivity contribution in [3.8, 4) is 11.6 Å². The van der Waals surface area contributed by atoms with E-state index >= 15 is 0 Å². The van der Waals surface area contributed by atoms with Gasteiger partial charge in [0.25, 0.3) is 0 Å². The van der Waals surface area contributed by atoms with E-state index in [1.54, 1.807) is 0 Å². The first-order valence-corrected chi connectivity index (χ1v) is 7.14. The van der Waals surface area contributed by atoms with Crippen molar-refractivity contribution >= 4 is 10.9 Å². The molecule has 1 aliphatic rings. The highest BCUT2D eigenvalue weighted by atomic mass is 16.5. The summed E-state index contributed by atoms with van der Waals surface area (Å²) in [5.41, 5.74) is 2.03. The number of fused-ring (bicyclic) bond motifs is 1. The van der Waals surface area contributed by atoms with Crippen LogP contribution in [0.15, 0.2) is 60.7 Å². The van der Waals surface area contributed by atoms with Crippen molar-refractivity contribution in [2.45, 2.75) is 12.5 Å². The molecule has 104 valence electrons. The average molecular weight is 277 g/mol. The Labute approximate surface area is 123 Å². The first kappa shape index (κ1) is 12.4. The van der Waals surface area contributed by atoms with Gasteiger partial charge in [0.05, 0.1) is 18.2 Å². The van der Waals surface area contributed by atoms with E-state index in [2.05, 4.69) is 11.1 Å². The molecule has 0 radical (unpaired) electrons. The molecule has 0 saturated carbocycles. The lowest BCUT2D eigenvalue weighted by Gasteiger charge is -2.28. The predicted molar refractivity (Wildman–Crippen MR) is 81.6 cm³/mol. The molecule has 2 aromatic carbocycles. The summed E-state index contributed by atoms with van der Waals surface area (Å²) in [6.07, 6.45) is 1.20. The van der Waals surface area contributed by atoms with Crippen molar-refractivity contribution in [2.24, 2.45) is 0 Å². The highest BCUT2D eigenvalue weighted by Crippen LogP contribution is 2.37. The molecule has 3 heteroatoms. The number of nitrogens with zero attached hydrogens (tertiary/aromatic N) is 1. The first-order chi connectivity index (χ1) is 10.4. The molecule has 1 atom stereocenters. The fraction of sp³-hybridized carbons (Fsp3) is 0.167. The Morgan fingerprint density at radius 2 is 1.76 bits per heavy atom. The van der Waals surface area contributed by atoms with E-state index in [0.717, 1.165) is 35.2 Å². The lowest BCUT2D eigenvalue weighted by Crippen LogP contribution is -2.18. The van der Waals surface area contributed by atoms with Gasteiger partial charge in [0.1, 0.15) is 5.75 Å². The molecule has 4 rings (SSSR count). The zero-order chi connectivity index (χ0) is 14.1. The van der Waals surface area contributed by atoms with Crippen molar-refractivity contribution in [3.63, 3.8) is 0 Å². The van der Waals surface area contributed by atoms with Gasteiger partial charge in [-0.05, 0) is 18.2 Å². The normalized spacial score (nSPS) is 17.4. The van der Waals surface area contributed by atoms with Crippen molar-refractivity contribution in [1.82, 2.24) is 4.98 Å². The smallest absolute Gasteiger partial charge is 0.219 e. The maximum Gasteiger partial charge on any atom is 0.219 e. The minimum Gasteiger partial charge on any atom is -0.439 e. The van der Waals surface area contributed by atoms with Gasteiger partial charge in [0, 0.05) is 23.4 Å². The monoisotopic (exact) mass is 277 g/mol. The third kappa shape index (κ3) is 2.36. The van der Waals surface area contributed by atoms with Crippen molar-refractivity contribution < 1.29 is 9.47 Å². The van der Waals surface area contributed by atoms with E-state index in [0.29, 0.717) is 5.88 Å². The second kappa shape index (κ2) is 5.19. The molecule has 0 spiro atoms. The molecule has 1 saturated heterocycles. The molecule has 3 nitrogen and oxygen atoms in total. The standard InChI is InChI=1S/C18H15NO2/c1-3-7-15-13(5-1)9-10-18(19-15)21-17-8-4-2-6-14(17)16-11-12-20-16/h1-10,16H,11-12H2. The predicted octanol–water partition coefficient (Wildman–Crippen LogP) is 4.49. The van der Waals surface area contributed by atoms with Gasteiger partial charge in [-0.25, -0.2) is 4.98 Å². The van der Waals surface area contributed by atoms with Gasteiger partial charge >= 0.3 is 0 Å². The van der Waals surface area contributed by atoms with Crippen LogP contribution in [0.4, 0.5) is 0 Å². The molecule has 0 bridgehead atoms. The summed E-state index contributed by atoms with van der Waals surface area (Å²) in [7, 11) is 0. The van der Waals surface area contributed by atoms with Crippen LogP contribution in [0.3, 0.4) is 0 Å². The molecule has 1 unspecified atom stereocenters. The Bertz CT molecular complexity index is 781. The molecule has 0 aliphatic carbocycles. The zero-order valence-electron chi connectivity index (χ0n) is 11.5. The molecular formula is C18H15NO2. The second-order valence-electron chi connectivity index (χ2n) is 5.13. The zero-order valence-corrected chi connectivity index (χ0v) is 11.5. The average Bonchev–Trinajstić information content (AvgIpc) is 2.47. The SMILES string of the molecule is c1ccc(C2CCO2)c(Oc2ccc3ccccc3n2)c1. The van der Waals surface area contributed by atoms with Gasteiger partial charge in [-0.3, -0.25) is 0 Å². The third-order valence-electron chi connectivity index (χ3n) is 3.75. The number of ether oxygens (including phenoxy) is 2. The fourth-order valence-electron chi connectivity index (χ4n) is 2.54. The summed E-state index contributed by atoms with van der Waals surface area (Å²) in [5, 5.41) is 1.11. The minimum atomic E-state index is 0.154. The van der Waals surface area contributed by atoms with Crippen LogP contribution in [0.2, 0.25) is 0 Å². The highest BCUT2D eigenvalue weighted by Gasteiger charge is 2.23. The number of benzene rings is 2. The van der Waals surface area contributed by atoms with Crippen molar-refractivity contribution in [1.29, 1.82) is 0 Å². The molecule has 0 N–H and O–H groups in total. The number of pyridine rings is 1. The Kier molecular flexibility index (Phi) is 3.05. The molecule has 2 heterocycles. The van der Waals surface area contributed by atoms with Crippen LogP contribution in [-0.4, -0.2) is 11.6 Å². The van der Waals surface area contributed by atoms with E-state index in [9.17, 15) is 0 Å². The lowest BCUT2D eigenvalue weighted by molar-refractivity contribution is -0.0536. The van der Waals surface area contributed by atoms with Gasteiger partial charge in [-0.2, -0.15) is 0 Å².